The van der Waals surface area contributed by atoms with Crippen molar-refractivity contribution < 1.29 is 14.4 Å². The summed E-state index contributed by atoms with van der Waals surface area (Å²) in [5.41, 5.74) is 5.87. The zero-order valence-electron chi connectivity index (χ0n) is 11.1. The van der Waals surface area contributed by atoms with Gasteiger partial charge in [-0.1, -0.05) is 6.07 Å². The number of hydrogen-bond acceptors (Lipinski definition) is 3. The van der Waals surface area contributed by atoms with Gasteiger partial charge in [-0.3, -0.25) is 9.59 Å². The maximum absolute atomic E-state index is 12.1. The Morgan fingerprint density at radius 1 is 1.40 bits per heavy atom. The fraction of sp³-hybridized carbons (Fsp3) is 0.308. The van der Waals surface area contributed by atoms with Gasteiger partial charge in [0.1, 0.15) is 0 Å². The van der Waals surface area contributed by atoms with E-state index in [1.807, 2.05) is 0 Å². The Hall–Kier alpha value is -2.57. The number of benzene rings is 1. The Morgan fingerprint density at radius 2 is 2.15 bits per heavy atom. The molecule has 0 spiro atoms. The lowest BCUT2D eigenvalue weighted by Gasteiger charge is -2.13. The SMILES string of the molecule is CN1CC(NC(=O)c2cccc(NC(N)=O)c2)CC1=O. The average Bonchev–Trinajstić information content (AvgIpc) is 2.67. The number of likely N-dealkylation sites (N-methyl/N-ethyl adjacent to an activating group) is 1. The molecule has 0 radical (unpaired) electrons. The molecule has 1 aliphatic heterocycles. The summed E-state index contributed by atoms with van der Waals surface area (Å²) in [7, 11) is 1.70. The molecule has 0 bridgehead atoms. The zero-order valence-corrected chi connectivity index (χ0v) is 11.1. The van der Waals surface area contributed by atoms with Crippen LogP contribution in [0.15, 0.2) is 24.3 Å². The number of anilines is 1. The maximum atomic E-state index is 12.1. The molecule has 7 heteroatoms. The van der Waals surface area contributed by atoms with Crippen LogP contribution in [0.25, 0.3) is 0 Å². The fourth-order valence-corrected chi connectivity index (χ4v) is 2.11. The third-order valence-corrected chi connectivity index (χ3v) is 3.07. The molecule has 1 aromatic rings. The molecule has 1 unspecified atom stereocenters. The Balaban J connectivity index is 2.02. The maximum Gasteiger partial charge on any atom is 0.316 e. The van der Waals surface area contributed by atoms with Gasteiger partial charge in [-0.15, -0.1) is 0 Å². The van der Waals surface area contributed by atoms with Crippen LogP contribution in [0.2, 0.25) is 0 Å². The number of nitrogens with zero attached hydrogens (tertiary/aromatic N) is 1. The van der Waals surface area contributed by atoms with E-state index in [1.54, 1.807) is 30.1 Å². The Kier molecular flexibility index (Phi) is 3.88. The average molecular weight is 276 g/mol. The Bertz CT molecular complexity index is 558. The van der Waals surface area contributed by atoms with Crippen molar-refractivity contribution in [1.29, 1.82) is 0 Å². The number of carbonyl (C=O) groups excluding carboxylic acids is 3. The molecule has 4 amide bonds. The van der Waals surface area contributed by atoms with Crippen molar-refractivity contribution in [2.45, 2.75) is 12.5 Å². The molecule has 4 N–H and O–H groups in total. The third-order valence-electron chi connectivity index (χ3n) is 3.07. The van der Waals surface area contributed by atoms with E-state index in [-0.39, 0.29) is 17.9 Å². The molecule has 1 fully saturated rings. The summed E-state index contributed by atoms with van der Waals surface area (Å²) < 4.78 is 0. The van der Waals surface area contributed by atoms with E-state index in [2.05, 4.69) is 10.6 Å². The molecule has 0 aliphatic carbocycles. The van der Waals surface area contributed by atoms with Gasteiger partial charge in [0, 0.05) is 31.3 Å². The van der Waals surface area contributed by atoms with Crippen molar-refractivity contribution in [3.63, 3.8) is 0 Å². The second-order valence-corrected chi connectivity index (χ2v) is 4.72. The molecule has 0 aromatic heterocycles. The molecule has 1 aromatic carbocycles. The monoisotopic (exact) mass is 276 g/mol. The number of rotatable bonds is 3. The highest BCUT2D eigenvalue weighted by Crippen LogP contribution is 2.13. The summed E-state index contributed by atoms with van der Waals surface area (Å²) in [6.45, 7) is 0.504. The first-order valence-electron chi connectivity index (χ1n) is 6.17. The summed E-state index contributed by atoms with van der Waals surface area (Å²) in [6.07, 6.45) is 0.307. The van der Waals surface area contributed by atoms with Gasteiger partial charge >= 0.3 is 6.03 Å². The molecule has 1 saturated heterocycles. The third kappa shape index (κ3) is 3.25. The van der Waals surface area contributed by atoms with Crippen molar-refractivity contribution in [2.75, 3.05) is 18.9 Å². The summed E-state index contributed by atoms with van der Waals surface area (Å²) in [5, 5.41) is 5.20. The molecule has 20 heavy (non-hydrogen) atoms. The van der Waals surface area contributed by atoms with Gasteiger partial charge in [0.25, 0.3) is 5.91 Å². The van der Waals surface area contributed by atoms with Crippen LogP contribution in [0.1, 0.15) is 16.8 Å². The summed E-state index contributed by atoms with van der Waals surface area (Å²) in [6, 6.07) is 5.56. The van der Waals surface area contributed by atoms with Gasteiger partial charge in [0.2, 0.25) is 5.91 Å². The van der Waals surface area contributed by atoms with E-state index >= 15 is 0 Å². The van der Waals surface area contributed by atoms with Crippen LogP contribution < -0.4 is 16.4 Å². The number of urea groups is 1. The first-order valence-corrected chi connectivity index (χ1v) is 6.17. The van der Waals surface area contributed by atoms with Crippen molar-refractivity contribution in [3.8, 4) is 0 Å². The van der Waals surface area contributed by atoms with Crippen LogP contribution in [-0.4, -0.2) is 42.4 Å². The second kappa shape index (κ2) is 5.60. The van der Waals surface area contributed by atoms with E-state index in [0.29, 0.717) is 24.2 Å². The van der Waals surface area contributed by atoms with Gasteiger partial charge in [0.05, 0.1) is 6.04 Å². The highest BCUT2D eigenvalue weighted by atomic mass is 16.2. The lowest BCUT2D eigenvalue weighted by atomic mass is 10.1. The number of carbonyl (C=O) groups is 3. The summed E-state index contributed by atoms with van der Waals surface area (Å²) >= 11 is 0. The van der Waals surface area contributed by atoms with Crippen molar-refractivity contribution in [2.24, 2.45) is 5.73 Å². The van der Waals surface area contributed by atoms with Crippen molar-refractivity contribution in [1.82, 2.24) is 10.2 Å². The standard InChI is InChI=1S/C13H16N4O3/c1-17-7-10(6-11(17)18)15-12(19)8-3-2-4-9(5-8)16-13(14)20/h2-5,10H,6-7H2,1H3,(H,15,19)(H3,14,16,20). The van der Waals surface area contributed by atoms with Gasteiger partial charge in [-0.2, -0.15) is 0 Å². The van der Waals surface area contributed by atoms with Crippen LogP contribution in [0.5, 0.6) is 0 Å². The molecule has 106 valence electrons. The first-order chi connectivity index (χ1) is 9.45. The minimum absolute atomic E-state index is 0.0134. The number of likely N-dealkylation sites (tertiary alicyclic amines) is 1. The van der Waals surface area contributed by atoms with Crippen LogP contribution in [-0.2, 0) is 4.79 Å². The zero-order chi connectivity index (χ0) is 14.7. The molecule has 1 aliphatic rings. The topological polar surface area (TPSA) is 105 Å². The van der Waals surface area contributed by atoms with E-state index in [4.69, 9.17) is 5.73 Å². The van der Waals surface area contributed by atoms with Crippen LogP contribution >= 0.6 is 0 Å². The minimum atomic E-state index is -0.689. The molecule has 7 nitrogen and oxygen atoms in total. The Morgan fingerprint density at radius 3 is 2.75 bits per heavy atom. The van der Waals surface area contributed by atoms with E-state index in [0.717, 1.165) is 0 Å². The van der Waals surface area contributed by atoms with Crippen molar-refractivity contribution in [3.05, 3.63) is 29.8 Å². The summed E-state index contributed by atoms with van der Waals surface area (Å²) in [5.74, 6) is -0.273. The Labute approximate surface area is 116 Å². The fourth-order valence-electron chi connectivity index (χ4n) is 2.11. The first kappa shape index (κ1) is 13.9. The second-order valence-electron chi connectivity index (χ2n) is 4.72. The largest absolute Gasteiger partial charge is 0.351 e. The van der Waals surface area contributed by atoms with Gasteiger partial charge in [-0.05, 0) is 18.2 Å². The molecule has 2 rings (SSSR count). The number of hydrogen-bond donors (Lipinski definition) is 3. The number of nitrogens with two attached hydrogens (primary N) is 1. The van der Waals surface area contributed by atoms with E-state index in [1.165, 1.54) is 6.07 Å². The number of nitrogens with one attached hydrogen (secondary N) is 2. The van der Waals surface area contributed by atoms with Gasteiger partial charge < -0.3 is 21.3 Å². The predicted molar refractivity (Wildman–Crippen MR) is 73.2 cm³/mol. The highest BCUT2D eigenvalue weighted by Gasteiger charge is 2.28. The van der Waals surface area contributed by atoms with E-state index < -0.39 is 6.03 Å². The lowest BCUT2D eigenvalue weighted by molar-refractivity contribution is -0.126. The quantitative estimate of drug-likeness (QED) is 0.731. The molecule has 1 atom stereocenters. The minimum Gasteiger partial charge on any atom is -0.351 e. The number of amides is 4. The summed E-state index contributed by atoms with van der Waals surface area (Å²) in [4.78, 5) is 35.8. The lowest BCUT2D eigenvalue weighted by Crippen LogP contribution is -2.36. The molecular weight excluding hydrogens is 260 g/mol. The predicted octanol–water partition coefficient (Wildman–Crippen LogP) is 0.138. The van der Waals surface area contributed by atoms with Gasteiger partial charge in [0.15, 0.2) is 0 Å². The van der Waals surface area contributed by atoms with Crippen LogP contribution in [0.3, 0.4) is 0 Å². The molecular formula is C13H16N4O3. The van der Waals surface area contributed by atoms with E-state index in [9.17, 15) is 14.4 Å². The number of primary amides is 1. The van der Waals surface area contributed by atoms with Gasteiger partial charge in [-0.25, -0.2) is 4.79 Å². The normalized spacial score (nSPS) is 17.9. The smallest absolute Gasteiger partial charge is 0.316 e. The van der Waals surface area contributed by atoms with Crippen LogP contribution in [0, 0.1) is 0 Å². The highest BCUT2D eigenvalue weighted by molar-refractivity contribution is 5.97. The van der Waals surface area contributed by atoms with Crippen molar-refractivity contribution >= 4 is 23.5 Å². The van der Waals surface area contributed by atoms with Crippen LogP contribution in [0.4, 0.5) is 10.5 Å². The molecule has 1 heterocycles. The molecule has 0 saturated carbocycles.